The van der Waals surface area contributed by atoms with E-state index in [-0.39, 0.29) is 18.1 Å². The first-order chi connectivity index (χ1) is 7.38. The summed E-state index contributed by atoms with van der Waals surface area (Å²) >= 11 is 1.58. The second-order valence-electron chi connectivity index (χ2n) is 4.65. The lowest BCUT2D eigenvalue weighted by Crippen LogP contribution is -2.41. The Bertz CT molecular complexity index is 276. The Hall–Kier alpha value is -0.910. The molecule has 0 unspecified atom stereocenters. The molecule has 1 aliphatic rings. The van der Waals surface area contributed by atoms with Gasteiger partial charge in [-0.05, 0) is 20.8 Å². The highest BCUT2D eigenvalue weighted by Crippen LogP contribution is 2.13. The van der Waals surface area contributed by atoms with Crippen LogP contribution in [-0.2, 0) is 9.53 Å². The Labute approximate surface area is 99.9 Å². The Morgan fingerprint density at radius 3 is 2.75 bits per heavy atom. The Kier molecular flexibility index (Phi) is 4.46. The highest BCUT2D eigenvalue weighted by atomic mass is 32.2. The number of nitrogens with zero attached hydrogens (tertiary/aromatic N) is 1. The van der Waals surface area contributed by atoms with Gasteiger partial charge in [0.2, 0.25) is 5.91 Å². The van der Waals surface area contributed by atoms with Gasteiger partial charge in [-0.25, -0.2) is 4.79 Å². The zero-order chi connectivity index (χ0) is 12.2. The minimum Gasteiger partial charge on any atom is -0.448 e. The summed E-state index contributed by atoms with van der Waals surface area (Å²) in [5, 5.41) is 2.69. The summed E-state index contributed by atoms with van der Waals surface area (Å²) in [5.74, 6) is 1.35. The Morgan fingerprint density at radius 1 is 1.56 bits per heavy atom. The second-order valence-corrected chi connectivity index (χ2v) is 5.60. The van der Waals surface area contributed by atoms with Gasteiger partial charge in [0.15, 0.2) is 0 Å². The number of rotatable bonds is 3. The van der Waals surface area contributed by atoms with E-state index >= 15 is 0 Å². The summed E-state index contributed by atoms with van der Waals surface area (Å²) in [6.07, 6.45) is -0.438. The molecule has 0 radical (unpaired) electrons. The van der Waals surface area contributed by atoms with Crippen molar-refractivity contribution in [3.8, 4) is 0 Å². The van der Waals surface area contributed by atoms with Crippen molar-refractivity contribution in [1.82, 2.24) is 10.2 Å². The van der Waals surface area contributed by atoms with Crippen molar-refractivity contribution < 1.29 is 14.3 Å². The molecule has 6 heteroatoms. The molecule has 1 rings (SSSR count). The highest BCUT2D eigenvalue weighted by molar-refractivity contribution is 8.00. The average molecular weight is 246 g/mol. The molecule has 0 atom stereocenters. The summed E-state index contributed by atoms with van der Waals surface area (Å²) in [5.41, 5.74) is -0.295. The molecule has 1 aliphatic heterocycles. The van der Waals surface area contributed by atoms with Crippen LogP contribution in [0.15, 0.2) is 0 Å². The van der Waals surface area contributed by atoms with Crippen LogP contribution in [0.1, 0.15) is 20.8 Å². The number of thioether (sulfide) groups is 1. The highest BCUT2D eigenvalue weighted by Gasteiger charge is 2.21. The Morgan fingerprint density at radius 2 is 2.25 bits per heavy atom. The lowest BCUT2D eigenvalue weighted by atomic mass is 10.1. The van der Waals surface area contributed by atoms with Gasteiger partial charge in [0.1, 0.15) is 6.61 Å². The number of carbonyl (C=O) groups is 2. The van der Waals surface area contributed by atoms with Gasteiger partial charge in [-0.2, -0.15) is 0 Å². The zero-order valence-corrected chi connectivity index (χ0v) is 10.7. The number of alkyl carbamates (subject to hydrolysis) is 1. The molecular formula is C10H18N2O3S. The molecule has 0 aromatic carbocycles. The largest absolute Gasteiger partial charge is 0.448 e. The molecular weight excluding hydrogens is 228 g/mol. The summed E-state index contributed by atoms with van der Waals surface area (Å²) < 4.78 is 4.98. The van der Waals surface area contributed by atoms with Crippen molar-refractivity contribution in [2.45, 2.75) is 26.3 Å². The van der Waals surface area contributed by atoms with E-state index in [4.69, 9.17) is 4.74 Å². The molecule has 1 N–H and O–H groups in total. The normalized spacial score (nSPS) is 16.4. The topological polar surface area (TPSA) is 58.6 Å². The van der Waals surface area contributed by atoms with E-state index in [0.717, 1.165) is 0 Å². The third-order valence-electron chi connectivity index (χ3n) is 1.90. The number of nitrogens with one attached hydrogen (secondary N) is 1. The van der Waals surface area contributed by atoms with Crippen LogP contribution < -0.4 is 5.32 Å². The lowest BCUT2D eigenvalue weighted by molar-refractivity contribution is -0.127. The zero-order valence-electron chi connectivity index (χ0n) is 9.91. The number of carbonyl (C=O) groups excluding carboxylic acids is 2. The van der Waals surface area contributed by atoms with Gasteiger partial charge in [0.25, 0.3) is 0 Å². The summed E-state index contributed by atoms with van der Waals surface area (Å²) in [7, 11) is 0. The van der Waals surface area contributed by atoms with E-state index in [1.807, 2.05) is 20.8 Å². The van der Waals surface area contributed by atoms with Gasteiger partial charge >= 0.3 is 6.09 Å². The molecule has 1 fully saturated rings. The van der Waals surface area contributed by atoms with E-state index in [2.05, 4.69) is 5.32 Å². The maximum atomic E-state index is 11.3. The van der Waals surface area contributed by atoms with Gasteiger partial charge < -0.3 is 15.0 Å². The third kappa shape index (κ3) is 4.74. The molecule has 0 saturated carbocycles. The summed E-state index contributed by atoms with van der Waals surface area (Å²) in [6.45, 7) is 6.37. The molecule has 0 aromatic heterocycles. The molecule has 0 aromatic rings. The van der Waals surface area contributed by atoms with Crippen molar-refractivity contribution in [1.29, 1.82) is 0 Å². The van der Waals surface area contributed by atoms with Crippen LogP contribution in [0.4, 0.5) is 4.79 Å². The van der Waals surface area contributed by atoms with Crippen molar-refractivity contribution in [3.05, 3.63) is 0 Å². The van der Waals surface area contributed by atoms with Crippen LogP contribution in [-0.4, -0.2) is 47.2 Å². The fraction of sp³-hybridized carbons (Fsp3) is 0.800. The van der Waals surface area contributed by atoms with Crippen LogP contribution in [0, 0.1) is 0 Å². The fourth-order valence-corrected chi connectivity index (χ4v) is 2.13. The number of hydrogen-bond acceptors (Lipinski definition) is 4. The smallest absolute Gasteiger partial charge is 0.407 e. The maximum Gasteiger partial charge on any atom is 0.407 e. The number of ether oxygens (including phenoxy) is 1. The average Bonchev–Trinajstić information content (AvgIpc) is 2.48. The van der Waals surface area contributed by atoms with Crippen LogP contribution in [0.5, 0.6) is 0 Å². The van der Waals surface area contributed by atoms with E-state index < -0.39 is 6.09 Å². The minimum atomic E-state index is -0.438. The van der Waals surface area contributed by atoms with Gasteiger partial charge in [0, 0.05) is 5.54 Å². The van der Waals surface area contributed by atoms with Crippen LogP contribution in [0.3, 0.4) is 0 Å². The first-order valence-corrected chi connectivity index (χ1v) is 6.34. The first-order valence-electron chi connectivity index (χ1n) is 5.19. The molecule has 0 spiro atoms. The molecule has 92 valence electrons. The van der Waals surface area contributed by atoms with Gasteiger partial charge in [0.05, 0.1) is 18.2 Å². The quantitative estimate of drug-likeness (QED) is 0.808. The Balaban J connectivity index is 2.15. The molecule has 1 heterocycles. The SMILES string of the molecule is CC(C)(C)NC(=O)OCCN1CSCC1=O. The predicted octanol–water partition coefficient (Wildman–Crippen LogP) is 1.04. The van der Waals surface area contributed by atoms with Crippen LogP contribution in [0.2, 0.25) is 0 Å². The maximum absolute atomic E-state index is 11.3. The van der Waals surface area contributed by atoms with Crippen molar-refractivity contribution >= 4 is 23.8 Å². The van der Waals surface area contributed by atoms with E-state index in [1.165, 1.54) is 0 Å². The molecule has 0 aliphatic carbocycles. The van der Waals surface area contributed by atoms with Crippen molar-refractivity contribution in [3.63, 3.8) is 0 Å². The van der Waals surface area contributed by atoms with Gasteiger partial charge in [-0.15, -0.1) is 11.8 Å². The molecule has 16 heavy (non-hydrogen) atoms. The van der Waals surface area contributed by atoms with E-state index in [9.17, 15) is 9.59 Å². The van der Waals surface area contributed by atoms with Crippen LogP contribution >= 0.6 is 11.8 Å². The predicted molar refractivity (Wildman–Crippen MR) is 63.3 cm³/mol. The monoisotopic (exact) mass is 246 g/mol. The fourth-order valence-electron chi connectivity index (χ4n) is 1.19. The second kappa shape index (κ2) is 5.43. The number of hydrogen-bond donors (Lipinski definition) is 1. The number of amides is 2. The molecule has 0 bridgehead atoms. The molecule has 2 amide bonds. The summed E-state index contributed by atoms with van der Waals surface area (Å²) in [6, 6.07) is 0. The van der Waals surface area contributed by atoms with E-state index in [0.29, 0.717) is 18.2 Å². The molecule has 1 saturated heterocycles. The minimum absolute atomic E-state index is 0.116. The standard InChI is InChI=1S/C10H18N2O3S/c1-10(2,3)11-9(14)15-5-4-12-7-16-6-8(12)13/h4-7H2,1-3H3,(H,11,14). The van der Waals surface area contributed by atoms with Gasteiger partial charge in [-0.3, -0.25) is 4.79 Å². The lowest BCUT2D eigenvalue weighted by Gasteiger charge is -2.20. The molecule has 5 nitrogen and oxygen atoms in total. The van der Waals surface area contributed by atoms with Gasteiger partial charge in [-0.1, -0.05) is 0 Å². The van der Waals surface area contributed by atoms with E-state index in [1.54, 1.807) is 16.7 Å². The van der Waals surface area contributed by atoms with Crippen molar-refractivity contribution in [2.75, 3.05) is 24.8 Å². The van der Waals surface area contributed by atoms with Crippen molar-refractivity contribution in [2.24, 2.45) is 0 Å². The summed E-state index contributed by atoms with van der Waals surface area (Å²) in [4.78, 5) is 24.2. The third-order valence-corrected chi connectivity index (χ3v) is 2.84. The first kappa shape index (κ1) is 13.2. The van der Waals surface area contributed by atoms with Crippen LogP contribution in [0.25, 0.3) is 0 Å².